The minimum Gasteiger partial charge on any atom is -1.00 e. The van der Waals surface area contributed by atoms with Crippen LogP contribution < -0.4 is 56.6 Å². The van der Waals surface area contributed by atoms with Crippen molar-refractivity contribution in [3.63, 3.8) is 0 Å². The van der Waals surface area contributed by atoms with Crippen molar-refractivity contribution in [3.8, 4) is 0 Å². The summed E-state index contributed by atoms with van der Waals surface area (Å²) in [7, 11) is -0.986. The van der Waals surface area contributed by atoms with Gasteiger partial charge >= 0.3 is 43.4 Å². The molecule has 12 aromatic rings. The monoisotopic (exact) mass is 994 g/mol. The number of fused-ring (bicyclic) bond motifs is 4. The zero-order valence-corrected chi connectivity index (χ0v) is 42.6. The molecule has 0 aliphatic rings. The van der Waals surface area contributed by atoms with Gasteiger partial charge < -0.3 is 24.8 Å². The summed E-state index contributed by atoms with van der Waals surface area (Å²) in [5.74, 6) is 0. The van der Waals surface area contributed by atoms with Gasteiger partial charge in [0.05, 0.1) is 0 Å². The third-order valence-corrected chi connectivity index (χ3v) is 15.7. The first-order valence-electron chi connectivity index (χ1n) is 21.1. The number of hydrogen-bond acceptors (Lipinski definition) is 0. The van der Waals surface area contributed by atoms with Gasteiger partial charge in [-0.15, -0.1) is 140 Å². The summed E-state index contributed by atoms with van der Waals surface area (Å²) >= 11 is 0. The molecule has 0 unspecified atom stereocenters. The molecule has 0 N–H and O–H groups in total. The molecule has 6 heteroatoms. The molecule has 12 rings (SSSR count). The van der Waals surface area contributed by atoms with E-state index < -0.39 is 15.8 Å². The Hall–Kier alpha value is -4.93. The van der Waals surface area contributed by atoms with Crippen LogP contribution in [-0.2, 0) is 43.4 Å². The van der Waals surface area contributed by atoms with Crippen molar-refractivity contribution in [3.05, 3.63) is 279 Å². The van der Waals surface area contributed by atoms with E-state index in [2.05, 4.69) is 279 Å². The topological polar surface area (TPSA) is 0 Å². The Balaban J connectivity index is 0.000000174. The van der Waals surface area contributed by atoms with E-state index in [-0.39, 0.29) is 68.2 Å². The maximum absolute atomic E-state index is 2.35. The molecule has 0 aromatic heterocycles. The van der Waals surface area contributed by atoms with Crippen LogP contribution in [0.1, 0.15) is 0 Å². The largest absolute Gasteiger partial charge is 2.00 e. The maximum Gasteiger partial charge on any atom is 2.00 e. The van der Waals surface area contributed by atoms with Crippen molar-refractivity contribution >= 4 is 90.8 Å². The quantitative estimate of drug-likeness (QED) is 0.0910. The van der Waals surface area contributed by atoms with Crippen LogP contribution in [0.25, 0.3) is 43.1 Å². The standard InChI is InChI=1S/2C21H16P.2C9H7.2ClH.2Ti/c2*1-3-11-19(12-4-1)22(20-13-5-2-6-14-20)21-15-17-9-7-8-10-18(17)16-21;2*1-2-5-9-7-3-6-8(9)4-1;;;;/h2*1-16H;2*1-7H;2*1H;;/q4*-1;;;2*+2/p-2. The fourth-order valence-electron chi connectivity index (χ4n) is 7.87. The predicted molar refractivity (Wildman–Crippen MR) is 276 cm³/mol. The van der Waals surface area contributed by atoms with E-state index in [1.165, 1.54) is 74.9 Å². The third kappa shape index (κ3) is 13.2. The second kappa shape index (κ2) is 26.4. The Labute approximate surface area is 434 Å². The molecule has 0 bridgehead atoms. The van der Waals surface area contributed by atoms with Crippen LogP contribution in [0.5, 0.6) is 0 Å². The van der Waals surface area contributed by atoms with Crippen LogP contribution in [0, 0.1) is 0 Å². The summed E-state index contributed by atoms with van der Waals surface area (Å²) in [5.41, 5.74) is 0. The van der Waals surface area contributed by atoms with E-state index >= 15 is 0 Å². The van der Waals surface area contributed by atoms with Crippen molar-refractivity contribution < 1.29 is 68.2 Å². The van der Waals surface area contributed by atoms with Crippen molar-refractivity contribution in [2.24, 2.45) is 0 Å². The molecule has 0 fully saturated rings. The van der Waals surface area contributed by atoms with Crippen LogP contribution in [0.3, 0.4) is 0 Å². The van der Waals surface area contributed by atoms with Gasteiger partial charge in [0.1, 0.15) is 0 Å². The molecule has 0 atom stereocenters. The van der Waals surface area contributed by atoms with Gasteiger partial charge in [-0.05, 0) is 37.1 Å². The summed E-state index contributed by atoms with van der Waals surface area (Å²) in [6.45, 7) is 0. The molecule has 0 heterocycles. The number of hydrogen-bond donors (Lipinski definition) is 0. The first-order valence-corrected chi connectivity index (χ1v) is 23.8. The van der Waals surface area contributed by atoms with Crippen molar-refractivity contribution in [1.29, 1.82) is 0 Å². The number of rotatable bonds is 6. The van der Waals surface area contributed by atoms with Crippen molar-refractivity contribution in [2.45, 2.75) is 0 Å². The van der Waals surface area contributed by atoms with Gasteiger partial charge in [-0.3, -0.25) is 0 Å². The van der Waals surface area contributed by atoms with E-state index in [0.717, 1.165) is 0 Å². The number of benzene rings is 8. The average Bonchev–Trinajstić information content (AvgIpc) is 4.18. The molecule has 0 amide bonds. The van der Waals surface area contributed by atoms with E-state index in [0.29, 0.717) is 0 Å². The van der Waals surface area contributed by atoms with Crippen LogP contribution in [0.4, 0.5) is 0 Å². The van der Waals surface area contributed by atoms with Gasteiger partial charge in [0.15, 0.2) is 0 Å². The molecular weight excluding hydrogens is 949 g/mol. The fraction of sp³-hybridized carbons (Fsp3) is 0. The summed E-state index contributed by atoms with van der Waals surface area (Å²) < 4.78 is 0. The van der Waals surface area contributed by atoms with Crippen LogP contribution in [0.15, 0.2) is 279 Å². The average molecular weight is 996 g/mol. The Bertz CT molecular complexity index is 2790. The Morgan fingerprint density at radius 2 is 0.515 bits per heavy atom. The molecule has 66 heavy (non-hydrogen) atoms. The molecule has 0 aliphatic carbocycles. The molecule has 0 saturated carbocycles. The van der Waals surface area contributed by atoms with E-state index in [9.17, 15) is 0 Å². The van der Waals surface area contributed by atoms with E-state index in [4.69, 9.17) is 0 Å². The molecule has 0 nitrogen and oxygen atoms in total. The summed E-state index contributed by atoms with van der Waals surface area (Å²) in [6, 6.07) is 99.4. The van der Waals surface area contributed by atoms with Crippen LogP contribution >= 0.6 is 15.8 Å². The minimum absolute atomic E-state index is 0. The van der Waals surface area contributed by atoms with Crippen molar-refractivity contribution in [1.82, 2.24) is 0 Å². The van der Waals surface area contributed by atoms with E-state index in [1.54, 1.807) is 0 Å². The third-order valence-electron chi connectivity index (χ3n) is 10.9. The second-order valence-electron chi connectivity index (χ2n) is 15.0. The number of halogens is 2. The maximum atomic E-state index is 2.35. The SMILES string of the molecule is [Cl-].[Cl-].[Ti+2].[Ti+2].c1ccc(P(c2ccccc2)c2cc3ccccc3[cH-]2)cc1.c1ccc(P(c2ccccc2)c2cc3ccccc3[cH-]2)cc1.c1ccc2[cH-]ccc2c1.c1ccc2[cH-]ccc2c1. The van der Waals surface area contributed by atoms with Gasteiger partial charge in [0.25, 0.3) is 0 Å². The molecule has 0 radical (unpaired) electrons. The molecule has 0 saturated heterocycles. The zero-order chi connectivity index (χ0) is 41.8. The molecule has 0 aliphatic heterocycles. The van der Waals surface area contributed by atoms with E-state index in [1.807, 2.05) is 0 Å². The van der Waals surface area contributed by atoms with Gasteiger partial charge in [-0.25, -0.2) is 0 Å². The van der Waals surface area contributed by atoms with Crippen LogP contribution in [0.2, 0.25) is 0 Å². The second-order valence-corrected chi connectivity index (χ2v) is 19.4. The summed E-state index contributed by atoms with van der Waals surface area (Å²) in [6.07, 6.45) is 0. The molecule has 0 spiro atoms. The summed E-state index contributed by atoms with van der Waals surface area (Å²) in [5, 5.41) is 19.1. The zero-order valence-electron chi connectivity index (χ0n) is 36.2. The van der Waals surface area contributed by atoms with Gasteiger partial charge in [-0.2, -0.15) is 47.2 Å². The smallest absolute Gasteiger partial charge is 1.00 e. The predicted octanol–water partition coefficient (Wildman–Crippen LogP) is 7.75. The first kappa shape index (κ1) is 52.0. The van der Waals surface area contributed by atoms with Gasteiger partial charge in [-0.1, -0.05) is 146 Å². The van der Waals surface area contributed by atoms with Gasteiger partial charge in [0.2, 0.25) is 0 Å². The normalized spacial score (nSPS) is 10.2. The molecule has 320 valence electrons. The fourth-order valence-corrected chi connectivity index (χ4v) is 12.6. The Morgan fingerprint density at radius 1 is 0.258 bits per heavy atom. The molecule has 12 aromatic carbocycles. The first-order chi connectivity index (χ1) is 30.8. The Kier molecular flexibility index (Phi) is 20.8. The van der Waals surface area contributed by atoms with Gasteiger partial charge in [0, 0.05) is 0 Å². The van der Waals surface area contributed by atoms with Crippen molar-refractivity contribution in [2.75, 3.05) is 0 Å². The minimum atomic E-state index is -0.493. The van der Waals surface area contributed by atoms with Crippen LogP contribution in [-0.4, -0.2) is 0 Å². The molecular formula is C60H46Cl2P2Ti2-2. The Morgan fingerprint density at radius 3 is 0.803 bits per heavy atom. The summed E-state index contributed by atoms with van der Waals surface area (Å²) in [4.78, 5) is 0.